The molecule has 0 heterocycles. The molecule has 0 saturated heterocycles. The zero-order valence-electron chi connectivity index (χ0n) is 14.8. The monoisotopic (exact) mass is 377 g/mol. The van der Waals surface area contributed by atoms with Crippen molar-refractivity contribution in [2.75, 3.05) is 27.7 Å². The van der Waals surface area contributed by atoms with Gasteiger partial charge in [-0.1, -0.05) is 41.9 Å². The van der Waals surface area contributed by atoms with Gasteiger partial charge in [-0.3, -0.25) is 0 Å². The van der Waals surface area contributed by atoms with Crippen molar-refractivity contribution >= 4 is 28.9 Å². The van der Waals surface area contributed by atoms with Crippen molar-refractivity contribution in [2.24, 2.45) is 0 Å². The largest absolute Gasteiger partial charge is 0.497 e. The van der Waals surface area contributed by atoms with Crippen molar-refractivity contribution in [1.82, 2.24) is 15.5 Å². The average Bonchev–Trinajstić information content (AvgIpc) is 2.61. The number of thiocarbonyl (C=S) groups is 1. The molecule has 0 saturated carbocycles. The quantitative estimate of drug-likeness (QED) is 0.721. The molecule has 0 aliphatic carbocycles. The Hall–Kier alpha value is -1.82. The maximum atomic E-state index is 6.33. The van der Waals surface area contributed by atoms with Crippen molar-refractivity contribution < 1.29 is 4.74 Å². The molecule has 0 aromatic heterocycles. The van der Waals surface area contributed by atoms with E-state index in [1.165, 1.54) is 0 Å². The summed E-state index contributed by atoms with van der Waals surface area (Å²) < 4.78 is 5.16. The van der Waals surface area contributed by atoms with Crippen LogP contribution in [0.5, 0.6) is 5.75 Å². The SMILES string of the molecule is COc1ccc(CNC(=S)NC[C@H](c2ccccc2Cl)N(C)C)cc1. The molecule has 134 valence electrons. The van der Waals surface area contributed by atoms with Crippen molar-refractivity contribution in [3.05, 3.63) is 64.7 Å². The molecular weight excluding hydrogens is 354 g/mol. The average molecular weight is 378 g/mol. The Labute approximate surface area is 160 Å². The van der Waals surface area contributed by atoms with Gasteiger partial charge in [-0.05, 0) is 55.6 Å². The number of ether oxygens (including phenoxy) is 1. The summed E-state index contributed by atoms with van der Waals surface area (Å²) in [7, 11) is 5.72. The molecule has 0 amide bonds. The summed E-state index contributed by atoms with van der Waals surface area (Å²) in [6, 6.07) is 15.9. The number of benzene rings is 2. The maximum Gasteiger partial charge on any atom is 0.166 e. The number of nitrogens with zero attached hydrogens (tertiary/aromatic N) is 1. The summed E-state index contributed by atoms with van der Waals surface area (Å²) in [5.74, 6) is 0.845. The van der Waals surface area contributed by atoms with Gasteiger partial charge in [0.2, 0.25) is 0 Å². The number of hydrogen-bond acceptors (Lipinski definition) is 3. The second-order valence-corrected chi connectivity index (χ2v) is 6.73. The van der Waals surface area contributed by atoms with E-state index >= 15 is 0 Å². The lowest BCUT2D eigenvalue weighted by Gasteiger charge is -2.26. The Morgan fingerprint density at radius 2 is 1.80 bits per heavy atom. The molecule has 2 aromatic carbocycles. The summed E-state index contributed by atoms with van der Waals surface area (Å²) in [5, 5.41) is 7.89. The highest BCUT2D eigenvalue weighted by molar-refractivity contribution is 7.80. The summed E-state index contributed by atoms with van der Waals surface area (Å²) in [6.45, 7) is 1.33. The number of likely N-dealkylation sites (N-methyl/N-ethyl adjacent to an activating group) is 1. The van der Waals surface area contributed by atoms with Crippen LogP contribution in [-0.2, 0) is 6.54 Å². The topological polar surface area (TPSA) is 36.5 Å². The van der Waals surface area contributed by atoms with Crippen LogP contribution in [0.4, 0.5) is 0 Å². The molecule has 0 bridgehead atoms. The second kappa shape index (κ2) is 9.61. The molecule has 2 N–H and O–H groups in total. The fraction of sp³-hybridized carbons (Fsp3) is 0.316. The predicted octanol–water partition coefficient (Wildman–Crippen LogP) is 3.62. The third kappa shape index (κ3) is 5.88. The van der Waals surface area contributed by atoms with Crippen LogP contribution in [0.2, 0.25) is 5.02 Å². The molecule has 0 aliphatic rings. The summed E-state index contributed by atoms with van der Waals surface area (Å²) in [5.41, 5.74) is 2.22. The van der Waals surface area contributed by atoms with Crippen LogP contribution in [0.1, 0.15) is 17.2 Å². The van der Waals surface area contributed by atoms with Crippen LogP contribution in [0, 0.1) is 0 Å². The Morgan fingerprint density at radius 1 is 1.12 bits per heavy atom. The Balaban J connectivity index is 1.87. The highest BCUT2D eigenvalue weighted by Crippen LogP contribution is 2.25. The molecule has 4 nitrogen and oxygen atoms in total. The van der Waals surface area contributed by atoms with Gasteiger partial charge in [0.1, 0.15) is 5.75 Å². The van der Waals surface area contributed by atoms with Crippen molar-refractivity contribution in [3.63, 3.8) is 0 Å². The number of hydrogen-bond donors (Lipinski definition) is 2. The maximum absolute atomic E-state index is 6.33. The number of nitrogens with one attached hydrogen (secondary N) is 2. The lowest BCUT2D eigenvalue weighted by Crippen LogP contribution is -2.40. The van der Waals surface area contributed by atoms with Gasteiger partial charge in [0, 0.05) is 18.1 Å². The smallest absolute Gasteiger partial charge is 0.166 e. The van der Waals surface area contributed by atoms with E-state index in [9.17, 15) is 0 Å². The third-order valence-corrected chi connectivity index (χ3v) is 4.59. The van der Waals surface area contributed by atoms with Gasteiger partial charge in [0.25, 0.3) is 0 Å². The van der Waals surface area contributed by atoms with Gasteiger partial charge >= 0.3 is 0 Å². The molecule has 1 atom stereocenters. The van der Waals surface area contributed by atoms with Gasteiger partial charge in [-0.2, -0.15) is 0 Å². The van der Waals surface area contributed by atoms with E-state index < -0.39 is 0 Å². The lowest BCUT2D eigenvalue weighted by atomic mass is 10.1. The lowest BCUT2D eigenvalue weighted by molar-refractivity contribution is 0.298. The molecule has 2 rings (SSSR count). The first-order valence-electron chi connectivity index (χ1n) is 8.06. The Bertz CT molecular complexity index is 691. The van der Waals surface area contributed by atoms with Crippen LogP contribution in [0.3, 0.4) is 0 Å². The molecule has 0 radical (unpaired) electrons. The van der Waals surface area contributed by atoms with E-state index in [1.807, 2.05) is 62.6 Å². The molecule has 2 aromatic rings. The normalized spacial score (nSPS) is 11.9. The standard InChI is InChI=1S/C19H24ClN3OS/c1-23(2)18(16-6-4-5-7-17(16)20)13-22-19(25)21-12-14-8-10-15(24-3)11-9-14/h4-11,18H,12-13H2,1-3H3,(H2,21,22,25)/t18-/m1/s1. The minimum absolute atomic E-state index is 0.134. The summed E-state index contributed by atoms with van der Waals surface area (Å²) >= 11 is 11.7. The first-order chi connectivity index (χ1) is 12.0. The van der Waals surface area contributed by atoms with Crippen molar-refractivity contribution in [3.8, 4) is 5.75 Å². The molecule has 0 aliphatic heterocycles. The van der Waals surface area contributed by atoms with Crippen molar-refractivity contribution in [2.45, 2.75) is 12.6 Å². The minimum Gasteiger partial charge on any atom is -0.497 e. The molecule has 0 spiro atoms. The Morgan fingerprint density at radius 3 is 2.40 bits per heavy atom. The van der Waals surface area contributed by atoms with E-state index in [0.717, 1.165) is 21.9 Å². The van der Waals surface area contributed by atoms with E-state index in [4.69, 9.17) is 28.6 Å². The second-order valence-electron chi connectivity index (χ2n) is 5.91. The van der Waals surface area contributed by atoms with Crippen LogP contribution >= 0.6 is 23.8 Å². The van der Waals surface area contributed by atoms with Gasteiger partial charge in [0.15, 0.2) is 5.11 Å². The molecule has 0 fully saturated rings. The van der Waals surface area contributed by atoms with E-state index in [2.05, 4.69) is 15.5 Å². The molecular formula is C19H24ClN3OS. The predicted molar refractivity (Wildman–Crippen MR) is 108 cm³/mol. The van der Waals surface area contributed by atoms with Gasteiger partial charge in [0.05, 0.1) is 13.2 Å². The number of rotatable bonds is 7. The van der Waals surface area contributed by atoms with E-state index in [-0.39, 0.29) is 6.04 Å². The van der Waals surface area contributed by atoms with Gasteiger partial charge in [-0.25, -0.2) is 0 Å². The van der Waals surface area contributed by atoms with Crippen LogP contribution in [0.25, 0.3) is 0 Å². The highest BCUT2D eigenvalue weighted by Gasteiger charge is 2.16. The van der Waals surface area contributed by atoms with E-state index in [0.29, 0.717) is 18.2 Å². The molecule has 6 heteroatoms. The summed E-state index contributed by atoms with van der Waals surface area (Å²) in [6.07, 6.45) is 0. The molecule has 25 heavy (non-hydrogen) atoms. The van der Waals surface area contributed by atoms with Gasteiger partial charge < -0.3 is 20.3 Å². The minimum atomic E-state index is 0.134. The summed E-state index contributed by atoms with van der Waals surface area (Å²) in [4.78, 5) is 2.13. The fourth-order valence-corrected chi connectivity index (χ4v) is 2.91. The van der Waals surface area contributed by atoms with Gasteiger partial charge in [-0.15, -0.1) is 0 Å². The third-order valence-electron chi connectivity index (χ3n) is 3.96. The zero-order chi connectivity index (χ0) is 18.2. The Kier molecular flexibility index (Phi) is 7.50. The van der Waals surface area contributed by atoms with Crippen LogP contribution in [0.15, 0.2) is 48.5 Å². The van der Waals surface area contributed by atoms with E-state index in [1.54, 1.807) is 7.11 Å². The first-order valence-corrected chi connectivity index (χ1v) is 8.85. The fourth-order valence-electron chi connectivity index (χ4n) is 2.49. The first kappa shape index (κ1) is 19.5. The highest BCUT2D eigenvalue weighted by atomic mass is 35.5. The number of methoxy groups -OCH3 is 1. The molecule has 0 unspecified atom stereocenters. The number of halogens is 1. The van der Waals surface area contributed by atoms with Crippen molar-refractivity contribution in [1.29, 1.82) is 0 Å². The zero-order valence-corrected chi connectivity index (χ0v) is 16.3. The van der Waals surface area contributed by atoms with Crippen LogP contribution in [-0.4, -0.2) is 37.8 Å². The van der Waals surface area contributed by atoms with Crippen LogP contribution < -0.4 is 15.4 Å².